The molecule has 3 rings (SSSR count). The highest BCUT2D eigenvalue weighted by atomic mass is 127. The van der Waals surface area contributed by atoms with Crippen molar-refractivity contribution < 1.29 is 5.11 Å². The molecule has 8 nitrogen and oxygen atoms in total. The van der Waals surface area contributed by atoms with Crippen LogP contribution in [0.3, 0.4) is 0 Å². The Morgan fingerprint density at radius 2 is 2.07 bits per heavy atom. The van der Waals surface area contributed by atoms with Crippen molar-refractivity contribution in [2.24, 2.45) is 4.99 Å². The van der Waals surface area contributed by atoms with Crippen LogP contribution in [0.25, 0.3) is 5.65 Å². The smallest absolute Gasteiger partial charge is 0.191 e. The summed E-state index contributed by atoms with van der Waals surface area (Å²) < 4.78 is 1.96. The Hall–Kier alpha value is -1.46. The molecule has 0 bridgehead atoms. The molecule has 1 aliphatic heterocycles. The normalized spacial score (nSPS) is 16.3. The lowest BCUT2D eigenvalue weighted by molar-refractivity contribution is 0.0823. The minimum atomic E-state index is -0.106. The van der Waals surface area contributed by atoms with Crippen LogP contribution in [0.4, 0.5) is 0 Å². The third kappa shape index (κ3) is 6.58. The monoisotopic (exact) mass is 487 g/mol. The summed E-state index contributed by atoms with van der Waals surface area (Å²) in [5, 5.41) is 24.6. The van der Waals surface area contributed by atoms with E-state index >= 15 is 0 Å². The second-order valence-corrected chi connectivity index (χ2v) is 6.59. The Bertz CT molecular complexity index is 713. The number of aromatic nitrogens is 3. The summed E-state index contributed by atoms with van der Waals surface area (Å²) in [7, 11) is 0. The molecule has 1 saturated heterocycles. The van der Waals surface area contributed by atoms with Gasteiger partial charge in [0.05, 0.1) is 6.10 Å². The van der Waals surface area contributed by atoms with Crippen LogP contribution in [-0.2, 0) is 6.54 Å². The number of rotatable bonds is 7. The highest BCUT2D eigenvalue weighted by Crippen LogP contribution is 2.09. The zero-order valence-corrected chi connectivity index (χ0v) is 18.2. The van der Waals surface area contributed by atoms with E-state index in [9.17, 15) is 5.11 Å². The van der Waals surface area contributed by atoms with Gasteiger partial charge in [-0.05, 0) is 44.9 Å². The maximum atomic E-state index is 9.56. The van der Waals surface area contributed by atoms with Crippen LogP contribution >= 0.6 is 24.0 Å². The van der Waals surface area contributed by atoms with Crippen LogP contribution in [0.15, 0.2) is 29.4 Å². The van der Waals surface area contributed by atoms with Gasteiger partial charge in [0.1, 0.15) is 6.54 Å². The van der Waals surface area contributed by atoms with Gasteiger partial charge < -0.3 is 20.6 Å². The molecule has 1 aliphatic rings. The molecule has 0 aliphatic carbocycles. The Morgan fingerprint density at radius 1 is 1.26 bits per heavy atom. The molecule has 3 N–H and O–H groups in total. The topological polar surface area (TPSA) is 90.1 Å². The fraction of sp³-hybridized carbons (Fsp3) is 0.611. The Labute approximate surface area is 177 Å². The van der Waals surface area contributed by atoms with Crippen molar-refractivity contribution in [1.82, 2.24) is 30.1 Å². The summed E-state index contributed by atoms with van der Waals surface area (Å²) in [4.78, 5) is 7.04. The van der Waals surface area contributed by atoms with Crippen LogP contribution in [0.5, 0.6) is 0 Å². The number of aliphatic hydroxyl groups excluding tert-OH is 1. The molecule has 1 fully saturated rings. The van der Waals surface area contributed by atoms with Gasteiger partial charge in [-0.25, -0.2) is 4.99 Å². The van der Waals surface area contributed by atoms with E-state index in [-0.39, 0.29) is 30.1 Å². The molecule has 0 radical (unpaired) electrons. The molecule has 0 spiro atoms. The van der Waals surface area contributed by atoms with Crippen LogP contribution in [0.1, 0.15) is 32.0 Å². The molecule has 27 heavy (non-hydrogen) atoms. The maximum absolute atomic E-state index is 9.56. The van der Waals surface area contributed by atoms with Crippen molar-refractivity contribution in [2.75, 3.05) is 32.7 Å². The van der Waals surface area contributed by atoms with Gasteiger partial charge in [0.2, 0.25) is 0 Å². The lowest BCUT2D eigenvalue weighted by atomic mass is 10.1. The van der Waals surface area contributed by atoms with Crippen LogP contribution in [0, 0.1) is 0 Å². The molecular formula is C18H30IN7O. The number of halogens is 1. The zero-order valence-electron chi connectivity index (χ0n) is 15.8. The molecule has 150 valence electrons. The van der Waals surface area contributed by atoms with Gasteiger partial charge in [0, 0.05) is 32.4 Å². The molecule has 0 unspecified atom stereocenters. The van der Waals surface area contributed by atoms with Crippen molar-refractivity contribution in [3.63, 3.8) is 0 Å². The van der Waals surface area contributed by atoms with Crippen molar-refractivity contribution >= 4 is 35.6 Å². The number of hydrogen-bond donors (Lipinski definition) is 3. The highest BCUT2D eigenvalue weighted by molar-refractivity contribution is 14.0. The fourth-order valence-corrected chi connectivity index (χ4v) is 3.14. The van der Waals surface area contributed by atoms with E-state index in [2.05, 4.69) is 37.6 Å². The first kappa shape index (κ1) is 21.8. The largest absolute Gasteiger partial charge is 0.393 e. The van der Waals surface area contributed by atoms with Gasteiger partial charge >= 0.3 is 0 Å². The van der Waals surface area contributed by atoms with Gasteiger partial charge in [0.15, 0.2) is 17.4 Å². The Balaban J connectivity index is 0.00000261. The second-order valence-electron chi connectivity index (χ2n) is 6.59. The zero-order chi connectivity index (χ0) is 18.2. The van der Waals surface area contributed by atoms with Crippen LogP contribution in [0.2, 0.25) is 0 Å². The van der Waals surface area contributed by atoms with Crippen molar-refractivity contribution in [1.29, 1.82) is 0 Å². The molecule has 3 heterocycles. The second kappa shape index (κ2) is 11.4. The van der Waals surface area contributed by atoms with Crippen molar-refractivity contribution in [3.8, 4) is 0 Å². The molecule has 0 amide bonds. The maximum Gasteiger partial charge on any atom is 0.191 e. The summed E-state index contributed by atoms with van der Waals surface area (Å²) >= 11 is 0. The molecule has 2 aromatic rings. The van der Waals surface area contributed by atoms with E-state index in [1.54, 1.807) is 0 Å². The van der Waals surface area contributed by atoms with E-state index < -0.39 is 0 Å². The summed E-state index contributed by atoms with van der Waals surface area (Å²) in [5.41, 5.74) is 0.835. The number of nitrogens with zero attached hydrogens (tertiary/aromatic N) is 5. The average Bonchev–Trinajstić information content (AvgIpc) is 3.08. The van der Waals surface area contributed by atoms with Gasteiger partial charge in [0.25, 0.3) is 0 Å². The third-order valence-corrected chi connectivity index (χ3v) is 4.61. The average molecular weight is 487 g/mol. The quantitative estimate of drug-likeness (QED) is 0.236. The number of guanidine groups is 1. The molecular weight excluding hydrogens is 457 g/mol. The van der Waals surface area contributed by atoms with Crippen molar-refractivity contribution in [3.05, 3.63) is 30.2 Å². The SMILES string of the molecule is CCNC(=NCc1nnc2ccccn12)NCCCN1CCC(O)CC1.I. The number of hydrogen-bond acceptors (Lipinski definition) is 5. The van der Waals surface area contributed by atoms with Crippen LogP contribution < -0.4 is 10.6 Å². The lowest BCUT2D eigenvalue weighted by Crippen LogP contribution is -2.40. The van der Waals surface area contributed by atoms with E-state index in [0.717, 1.165) is 69.4 Å². The Kier molecular flexibility index (Phi) is 9.22. The van der Waals surface area contributed by atoms with Gasteiger partial charge in [-0.15, -0.1) is 34.2 Å². The fourth-order valence-electron chi connectivity index (χ4n) is 3.14. The van der Waals surface area contributed by atoms with E-state index in [1.165, 1.54) is 0 Å². The van der Waals surface area contributed by atoms with E-state index in [4.69, 9.17) is 0 Å². The number of pyridine rings is 1. The van der Waals surface area contributed by atoms with Crippen LogP contribution in [-0.4, -0.2) is 69.4 Å². The predicted octanol–water partition coefficient (Wildman–Crippen LogP) is 1.25. The molecule has 2 aromatic heterocycles. The van der Waals surface area contributed by atoms with E-state index in [0.29, 0.717) is 6.54 Å². The Morgan fingerprint density at radius 3 is 2.85 bits per heavy atom. The lowest BCUT2D eigenvalue weighted by Gasteiger charge is -2.29. The minimum Gasteiger partial charge on any atom is -0.393 e. The molecule has 0 saturated carbocycles. The summed E-state index contributed by atoms with van der Waals surface area (Å²) in [6, 6.07) is 5.85. The van der Waals surface area contributed by atoms with Crippen molar-refractivity contribution in [2.45, 2.75) is 38.8 Å². The third-order valence-electron chi connectivity index (χ3n) is 4.61. The van der Waals surface area contributed by atoms with Gasteiger partial charge in [-0.1, -0.05) is 6.07 Å². The first-order valence-corrected chi connectivity index (χ1v) is 9.47. The number of aliphatic hydroxyl groups is 1. The standard InChI is InChI=1S/C18H29N7O.HI/c1-2-19-18(20-9-5-10-24-12-7-15(26)8-13-24)21-14-17-23-22-16-6-3-4-11-25(16)17;/h3-4,6,11,15,26H,2,5,7-10,12-14H2,1H3,(H2,19,20,21);1H. The minimum absolute atomic E-state index is 0. The number of aliphatic imine (C=N–C) groups is 1. The van der Waals surface area contributed by atoms with E-state index in [1.807, 2.05) is 28.8 Å². The van der Waals surface area contributed by atoms with Gasteiger partial charge in [-0.2, -0.15) is 0 Å². The highest BCUT2D eigenvalue weighted by Gasteiger charge is 2.16. The molecule has 0 aromatic carbocycles. The summed E-state index contributed by atoms with van der Waals surface area (Å²) in [6.45, 7) is 7.26. The molecule has 9 heteroatoms. The van der Waals surface area contributed by atoms with Gasteiger partial charge in [-0.3, -0.25) is 4.40 Å². The number of fused-ring (bicyclic) bond motifs is 1. The first-order valence-electron chi connectivity index (χ1n) is 9.47. The molecule has 0 atom stereocenters. The predicted molar refractivity (Wildman–Crippen MR) is 118 cm³/mol. The summed E-state index contributed by atoms with van der Waals surface area (Å²) in [5.74, 6) is 1.62. The number of piperidine rings is 1. The number of nitrogens with one attached hydrogen (secondary N) is 2. The summed E-state index contributed by atoms with van der Waals surface area (Å²) in [6.07, 6.45) is 4.68. The first-order chi connectivity index (χ1) is 12.8. The number of likely N-dealkylation sites (tertiary alicyclic amines) is 1.